The molecule has 1 atom stereocenters. The van der Waals surface area contributed by atoms with Crippen LogP contribution in [0.1, 0.15) is 38.2 Å². The molecule has 2 rings (SSSR count). The van der Waals surface area contributed by atoms with Crippen molar-refractivity contribution in [1.82, 2.24) is 4.90 Å². The summed E-state index contributed by atoms with van der Waals surface area (Å²) in [5.41, 5.74) is 0.613. The van der Waals surface area contributed by atoms with E-state index in [1.807, 2.05) is 25.2 Å². The number of methoxy groups -OCH3 is 1. The lowest BCUT2D eigenvalue weighted by Gasteiger charge is -2.43. The number of ether oxygens (including phenoxy) is 1. The maximum atomic E-state index is 12.6. The summed E-state index contributed by atoms with van der Waals surface area (Å²) >= 11 is 0. The van der Waals surface area contributed by atoms with Crippen molar-refractivity contribution in [1.29, 1.82) is 0 Å². The summed E-state index contributed by atoms with van der Waals surface area (Å²) in [7, 11) is 3.71. The highest BCUT2D eigenvalue weighted by molar-refractivity contribution is 5.90. The minimum Gasteiger partial charge on any atom is -0.497 e. The van der Waals surface area contributed by atoms with Gasteiger partial charge in [-0.15, -0.1) is 0 Å². The summed E-state index contributed by atoms with van der Waals surface area (Å²) in [6.07, 6.45) is 3.71. The molecule has 1 aromatic rings. The molecular weight excluding hydrogens is 238 g/mol. The fourth-order valence-corrected chi connectivity index (χ4v) is 3.09. The summed E-state index contributed by atoms with van der Waals surface area (Å²) in [5, 5.41) is 0. The Hall–Kier alpha value is -1.35. The Morgan fingerprint density at radius 2 is 2.16 bits per heavy atom. The van der Waals surface area contributed by atoms with Gasteiger partial charge in [0.25, 0.3) is 0 Å². The minimum absolute atomic E-state index is 0.344. The molecule has 0 bridgehead atoms. The highest BCUT2D eigenvalue weighted by atomic mass is 16.5. The van der Waals surface area contributed by atoms with Crippen LogP contribution in [0.4, 0.5) is 0 Å². The molecule has 0 N–H and O–H groups in total. The van der Waals surface area contributed by atoms with Gasteiger partial charge in [-0.25, -0.2) is 0 Å². The predicted octanol–water partition coefficient (Wildman–Crippen LogP) is 2.99. The van der Waals surface area contributed by atoms with Gasteiger partial charge in [-0.3, -0.25) is 9.69 Å². The summed E-state index contributed by atoms with van der Waals surface area (Å²) in [5.74, 6) is 1.16. The van der Waals surface area contributed by atoms with Gasteiger partial charge in [-0.2, -0.15) is 0 Å². The van der Waals surface area contributed by atoms with Crippen molar-refractivity contribution < 1.29 is 9.53 Å². The van der Waals surface area contributed by atoms with Gasteiger partial charge in [0, 0.05) is 6.42 Å². The van der Waals surface area contributed by atoms with E-state index in [1.165, 1.54) is 0 Å². The first-order valence-electron chi connectivity index (χ1n) is 7.04. The molecule has 0 radical (unpaired) electrons. The van der Waals surface area contributed by atoms with E-state index in [4.69, 9.17) is 4.74 Å². The van der Waals surface area contributed by atoms with Crippen molar-refractivity contribution in [2.24, 2.45) is 0 Å². The molecule has 0 aliphatic heterocycles. The van der Waals surface area contributed by atoms with Crippen molar-refractivity contribution in [3.63, 3.8) is 0 Å². The van der Waals surface area contributed by atoms with E-state index in [1.54, 1.807) is 7.11 Å². The number of carbonyl (C=O) groups excluding carboxylic acids is 1. The normalized spacial score (nSPS) is 23.7. The number of benzene rings is 1. The predicted molar refractivity (Wildman–Crippen MR) is 76.5 cm³/mol. The van der Waals surface area contributed by atoms with Crippen LogP contribution in [0.15, 0.2) is 24.3 Å². The summed E-state index contributed by atoms with van der Waals surface area (Å²) < 4.78 is 5.31. The van der Waals surface area contributed by atoms with Crippen molar-refractivity contribution in [2.75, 3.05) is 20.7 Å². The maximum Gasteiger partial charge on any atom is 0.157 e. The molecule has 0 saturated heterocycles. The standard InChI is InChI=1S/C16H23NO2/c1-4-17(2)16(11-6-5-10-15(16)18)13-8-7-9-14(12-13)19-3/h7-9,12H,4-6,10-11H2,1-3H3. The van der Waals surface area contributed by atoms with Crippen molar-refractivity contribution in [2.45, 2.75) is 38.1 Å². The zero-order valence-electron chi connectivity index (χ0n) is 12.1. The molecule has 0 heterocycles. The molecule has 3 nitrogen and oxygen atoms in total. The van der Waals surface area contributed by atoms with Gasteiger partial charge >= 0.3 is 0 Å². The lowest BCUT2D eigenvalue weighted by Crippen LogP contribution is -2.51. The summed E-state index contributed by atoms with van der Waals surface area (Å²) in [6, 6.07) is 7.96. The van der Waals surface area contributed by atoms with E-state index in [-0.39, 0.29) is 0 Å². The topological polar surface area (TPSA) is 29.5 Å². The number of hydrogen-bond acceptors (Lipinski definition) is 3. The molecule has 0 aromatic heterocycles. The van der Waals surface area contributed by atoms with Gasteiger partial charge in [0.15, 0.2) is 5.78 Å². The van der Waals surface area contributed by atoms with Crippen LogP contribution in [0.2, 0.25) is 0 Å². The first-order valence-corrected chi connectivity index (χ1v) is 7.04. The smallest absolute Gasteiger partial charge is 0.157 e. The fraction of sp³-hybridized carbons (Fsp3) is 0.562. The van der Waals surface area contributed by atoms with E-state index in [9.17, 15) is 4.79 Å². The molecular formula is C16H23NO2. The second kappa shape index (κ2) is 5.74. The second-order valence-corrected chi connectivity index (χ2v) is 5.24. The van der Waals surface area contributed by atoms with Gasteiger partial charge in [0.05, 0.1) is 7.11 Å². The monoisotopic (exact) mass is 261 g/mol. The van der Waals surface area contributed by atoms with Crippen molar-refractivity contribution in [3.8, 4) is 5.75 Å². The number of ketones is 1. The van der Waals surface area contributed by atoms with E-state index in [0.717, 1.165) is 37.1 Å². The van der Waals surface area contributed by atoms with Crippen LogP contribution in [-0.2, 0) is 10.3 Å². The van der Waals surface area contributed by atoms with Crippen LogP contribution in [0.3, 0.4) is 0 Å². The molecule has 19 heavy (non-hydrogen) atoms. The maximum absolute atomic E-state index is 12.6. The number of rotatable bonds is 4. The van der Waals surface area contributed by atoms with Crippen LogP contribution >= 0.6 is 0 Å². The number of hydrogen-bond donors (Lipinski definition) is 0. The first-order chi connectivity index (χ1) is 9.15. The SMILES string of the molecule is CCN(C)C1(c2cccc(OC)c2)CCCCC1=O. The third-order valence-electron chi connectivity index (χ3n) is 4.33. The van der Waals surface area contributed by atoms with Gasteiger partial charge in [-0.1, -0.05) is 25.5 Å². The number of nitrogens with zero attached hydrogens (tertiary/aromatic N) is 1. The first kappa shape index (κ1) is 14.1. The lowest BCUT2D eigenvalue weighted by molar-refractivity contribution is -0.134. The quantitative estimate of drug-likeness (QED) is 0.834. The Balaban J connectivity index is 2.50. The summed E-state index contributed by atoms with van der Waals surface area (Å²) in [6.45, 7) is 2.97. The minimum atomic E-state index is -0.457. The second-order valence-electron chi connectivity index (χ2n) is 5.24. The Labute approximate surface area is 115 Å². The van der Waals surface area contributed by atoms with E-state index >= 15 is 0 Å². The lowest BCUT2D eigenvalue weighted by atomic mass is 9.74. The molecule has 1 aromatic carbocycles. The average molecular weight is 261 g/mol. The van der Waals surface area contributed by atoms with Gasteiger partial charge in [0.2, 0.25) is 0 Å². The Kier molecular flexibility index (Phi) is 4.25. The molecule has 104 valence electrons. The molecule has 0 spiro atoms. The number of carbonyl (C=O) groups is 1. The number of likely N-dealkylation sites (N-methyl/N-ethyl adjacent to an activating group) is 1. The molecule has 3 heteroatoms. The van der Waals surface area contributed by atoms with Crippen molar-refractivity contribution >= 4 is 5.78 Å². The Morgan fingerprint density at radius 3 is 2.79 bits per heavy atom. The zero-order valence-corrected chi connectivity index (χ0v) is 12.1. The van der Waals surface area contributed by atoms with Gasteiger partial charge < -0.3 is 4.74 Å². The van der Waals surface area contributed by atoms with Crippen LogP contribution < -0.4 is 4.74 Å². The van der Waals surface area contributed by atoms with Crippen LogP contribution in [0, 0.1) is 0 Å². The third-order valence-corrected chi connectivity index (χ3v) is 4.33. The molecule has 0 amide bonds. The zero-order chi connectivity index (χ0) is 13.9. The van der Waals surface area contributed by atoms with Crippen LogP contribution in [0.5, 0.6) is 5.75 Å². The molecule has 1 saturated carbocycles. The van der Waals surface area contributed by atoms with Gasteiger partial charge in [0.1, 0.15) is 11.3 Å². The molecule has 1 aliphatic carbocycles. The highest BCUT2D eigenvalue weighted by Crippen LogP contribution is 2.40. The van der Waals surface area contributed by atoms with Crippen molar-refractivity contribution in [3.05, 3.63) is 29.8 Å². The van der Waals surface area contributed by atoms with Crippen LogP contribution in [-0.4, -0.2) is 31.4 Å². The third kappa shape index (κ3) is 2.39. The number of Topliss-reactive ketones (excluding diaryl/α,β-unsaturated/α-hetero) is 1. The van der Waals surface area contributed by atoms with Gasteiger partial charge in [-0.05, 0) is 44.1 Å². The fourth-order valence-electron chi connectivity index (χ4n) is 3.09. The van der Waals surface area contributed by atoms with E-state index < -0.39 is 5.54 Å². The molecule has 1 fully saturated rings. The Bertz CT molecular complexity index is 458. The molecule has 1 unspecified atom stereocenters. The summed E-state index contributed by atoms with van der Waals surface area (Å²) in [4.78, 5) is 14.8. The molecule has 1 aliphatic rings. The highest BCUT2D eigenvalue weighted by Gasteiger charge is 2.44. The largest absolute Gasteiger partial charge is 0.497 e. The Morgan fingerprint density at radius 1 is 1.37 bits per heavy atom. The van der Waals surface area contributed by atoms with E-state index in [2.05, 4.69) is 17.9 Å². The van der Waals surface area contributed by atoms with Crippen LogP contribution in [0.25, 0.3) is 0 Å². The average Bonchev–Trinajstić information content (AvgIpc) is 2.47. The van der Waals surface area contributed by atoms with E-state index in [0.29, 0.717) is 12.2 Å².